The summed E-state index contributed by atoms with van der Waals surface area (Å²) in [6, 6.07) is 8.45. The molecule has 4 aromatic rings. The summed E-state index contributed by atoms with van der Waals surface area (Å²) in [5, 5.41) is 14.0. The molecule has 176 valence electrons. The van der Waals surface area contributed by atoms with Crippen LogP contribution in [0.2, 0.25) is 5.15 Å². The van der Waals surface area contributed by atoms with Crippen molar-refractivity contribution in [3.05, 3.63) is 80.5 Å². The van der Waals surface area contributed by atoms with Crippen molar-refractivity contribution in [1.29, 1.82) is 0 Å². The van der Waals surface area contributed by atoms with E-state index in [1.165, 1.54) is 7.05 Å². The fourth-order valence-corrected chi connectivity index (χ4v) is 4.13. The van der Waals surface area contributed by atoms with Gasteiger partial charge in [-0.3, -0.25) is 14.8 Å². The molecule has 3 heterocycles. The number of amides is 1. The lowest BCUT2D eigenvalue weighted by Crippen LogP contribution is -2.25. The van der Waals surface area contributed by atoms with Crippen LogP contribution in [-0.4, -0.2) is 32.8 Å². The lowest BCUT2D eigenvalue weighted by Gasteiger charge is -2.20. The molecule has 9 heteroatoms. The Balaban J connectivity index is 1.86. The first-order chi connectivity index (χ1) is 16.1. The van der Waals surface area contributed by atoms with Gasteiger partial charge in [-0.25, -0.2) is 10.0 Å². The molecular weight excluding hydrogens is 456 g/mol. The van der Waals surface area contributed by atoms with E-state index in [9.17, 15) is 14.8 Å². The van der Waals surface area contributed by atoms with E-state index >= 15 is 0 Å². The van der Waals surface area contributed by atoms with E-state index in [1.807, 2.05) is 56.1 Å². The largest absolute Gasteiger partial charge is 0.455 e. The van der Waals surface area contributed by atoms with E-state index in [2.05, 4.69) is 10.3 Å². The van der Waals surface area contributed by atoms with E-state index in [4.69, 9.17) is 16.0 Å². The number of aryl methyl sites for hydroxylation is 2. The molecule has 34 heavy (non-hydrogen) atoms. The van der Waals surface area contributed by atoms with Gasteiger partial charge in [0.05, 0.1) is 17.1 Å². The number of nitrogens with zero attached hydrogens (tertiary/aromatic N) is 3. The van der Waals surface area contributed by atoms with Crippen LogP contribution in [0.5, 0.6) is 0 Å². The number of carbonyl (C=O) groups excluding carboxylic acids is 1. The highest BCUT2D eigenvalue weighted by atomic mass is 35.5. The average molecular weight is 481 g/mol. The van der Waals surface area contributed by atoms with E-state index in [1.54, 1.807) is 19.1 Å². The molecular formula is C25H25ClN4O4. The summed E-state index contributed by atoms with van der Waals surface area (Å²) in [6.07, 6.45) is 3.79. The van der Waals surface area contributed by atoms with E-state index in [0.717, 1.165) is 16.7 Å². The van der Waals surface area contributed by atoms with Crippen molar-refractivity contribution < 1.29 is 14.4 Å². The second-order valence-electron chi connectivity index (χ2n) is 8.41. The summed E-state index contributed by atoms with van der Waals surface area (Å²) in [6.45, 7) is 5.57. The number of aromatic nitrogens is 2. The Morgan fingerprint density at radius 2 is 2.00 bits per heavy atom. The maximum Gasteiger partial charge on any atom is 0.297 e. The van der Waals surface area contributed by atoms with Crippen LogP contribution in [0, 0.1) is 13.8 Å². The number of benzene rings is 1. The average Bonchev–Trinajstić information content (AvgIpc) is 3.22. The topological polar surface area (TPSA) is 101 Å². The monoisotopic (exact) mass is 480 g/mol. The standard InChI is InChI=1S/C25H25ClN4O4/c1-13-10-17(15(3)27-19-6-7-20(26)28-21(19)25(32)30(5)33)24-18(11-13)22(31)14(2)23(34-24)16-8-9-29(4)12-16/h6-12,15,27,33H,1-5H3/t15-/m1/s1. The summed E-state index contributed by atoms with van der Waals surface area (Å²) in [4.78, 5) is 29.8. The molecule has 0 saturated carbocycles. The van der Waals surface area contributed by atoms with Crippen molar-refractivity contribution in [2.75, 3.05) is 12.4 Å². The Kier molecular flexibility index (Phi) is 6.20. The van der Waals surface area contributed by atoms with Crippen LogP contribution >= 0.6 is 11.6 Å². The van der Waals surface area contributed by atoms with Gasteiger partial charge >= 0.3 is 0 Å². The second-order valence-corrected chi connectivity index (χ2v) is 8.79. The Bertz CT molecular complexity index is 1470. The number of hydrogen-bond donors (Lipinski definition) is 2. The Hall–Kier alpha value is -3.62. The number of halogens is 1. The zero-order valence-corrected chi connectivity index (χ0v) is 20.3. The molecule has 0 fully saturated rings. The fourth-order valence-electron chi connectivity index (χ4n) is 3.98. The first kappa shape index (κ1) is 23.5. The number of anilines is 1. The van der Waals surface area contributed by atoms with Crippen LogP contribution < -0.4 is 10.7 Å². The third-order valence-electron chi connectivity index (χ3n) is 5.68. The van der Waals surface area contributed by atoms with E-state index in [-0.39, 0.29) is 22.3 Å². The number of pyridine rings is 1. The Labute approximate surface area is 201 Å². The van der Waals surface area contributed by atoms with Gasteiger partial charge in [0.15, 0.2) is 11.1 Å². The number of rotatable bonds is 5. The molecule has 3 aromatic heterocycles. The van der Waals surface area contributed by atoms with Gasteiger partial charge in [-0.15, -0.1) is 0 Å². The van der Waals surface area contributed by atoms with Crippen molar-refractivity contribution in [2.45, 2.75) is 26.8 Å². The van der Waals surface area contributed by atoms with Crippen molar-refractivity contribution in [1.82, 2.24) is 14.6 Å². The molecule has 2 N–H and O–H groups in total. The minimum Gasteiger partial charge on any atom is -0.455 e. The second kappa shape index (κ2) is 8.96. The summed E-state index contributed by atoms with van der Waals surface area (Å²) >= 11 is 5.98. The highest BCUT2D eigenvalue weighted by Crippen LogP contribution is 2.33. The molecule has 0 aliphatic rings. The zero-order valence-electron chi connectivity index (χ0n) is 19.5. The first-order valence-corrected chi connectivity index (χ1v) is 11.0. The maximum atomic E-state index is 13.3. The van der Waals surface area contributed by atoms with Gasteiger partial charge in [0.1, 0.15) is 16.5 Å². The van der Waals surface area contributed by atoms with Gasteiger partial charge in [0.2, 0.25) is 0 Å². The maximum absolute atomic E-state index is 13.3. The molecule has 0 saturated heterocycles. The van der Waals surface area contributed by atoms with E-state index in [0.29, 0.717) is 33.0 Å². The highest BCUT2D eigenvalue weighted by Gasteiger charge is 2.22. The van der Waals surface area contributed by atoms with Gasteiger partial charge in [-0.2, -0.15) is 0 Å². The zero-order chi connectivity index (χ0) is 24.7. The van der Waals surface area contributed by atoms with Crippen molar-refractivity contribution in [2.24, 2.45) is 7.05 Å². The van der Waals surface area contributed by atoms with Gasteiger partial charge < -0.3 is 14.3 Å². The van der Waals surface area contributed by atoms with Gasteiger partial charge in [-0.05, 0) is 50.6 Å². The van der Waals surface area contributed by atoms with Crippen LogP contribution in [0.25, 0.3) is 22.3 Å². The smallest absolute Gasteiger partial charge is 0.297 e. The predicted octanol–water partition coefficient (Wildman–Crippen LogP) is 5.10. The summed E-state index contributed by atoms with van der Waals surface area (Å²) in [7, 11) is 3.12. The van der Waals surface area contributed by atoms with Crippen LogP contribution in [0.15, 0.2) is 51.9 Å². The van der Waals surface area contributed by atoms with Crippen LogP contribution in [-0.2, 0) is 7.05 Å². The van der Waals surface area contributed by atoms with E-state index < -0.39 is 5.91 Å². The molecule has 1 amide bonds. The number of carbonyl (C=O) groups is 1. The molecule has 8 nitrogen and oxygen atoms in total. The Morgan fingerprint density at radius 1 is 1.26 bits per heavy atom. The molecule has 0 spiro atoms. The summed E-state index contributed by atoms with van der Waals surface area (Å²) < 4.78 is 8.24. The molecule has 0 aliphatic heterocycles. The SMILES string of the molecule is Cc1cc([C@@H](C)Nc2ccc(Cl)nc2C(=O)N(C)O)c2oc(-c3ccn(C)c3)c(C)c(=O)c2c1. The molecule has 1 aromatic carbocycles. The minimum atomic E-state index is -0.708. The molecule has 4 rings (SSSR count). The predicted molar refractivity (Wildman–Crippen MR) is 132 cm³/mol. The molecule has 0 bridgehead atoms. The quantitative estimate of drug-likeness (QED) is 0.234. The van der Waals surface area contributed by atoms with Crippen molar-refractivity contribution in [3.8, 4) is 11.3 Å². The fraction of sp³-hybridized carbons (Fsp3) is 0.240. The Morgan fingerprint density at radius 3 is 2.65 bits per heavy atom. The lowest BCUT2D eigenvalue weighted by atomic mass is 9.99. The molecule has 0 aliphatic carbocycles. The van der Waals surface area contributed by atoms with Gasteiger partial charge in [0.25, 0.3) is 5.91 Å². The minimum absolute atomic E-state index is 0.0245. The lowest BCUT2D eigenvalue weighted by molar-refractivity contribution is -0.0378. The van der Waals surface area contributed by atoms with Crippen LogP contribution in [0.3, 0.4) is 0 Å². The van der Waals surface area contributed by atoms with Gasteiger partial charge in [-0.1, -0.05) is 17.7 Å². The summed E-state index contributed by atoms with van der Waals surface area (Å²) in [5.41, 5.74) is 3.73. The number of hydroxylamine groups is 2. The summed E-state index contributed by atoms with van der Waals surface area (Å²) in [5.74, 6) is -0.193. The van der Waals surface area contributed by atoms with Crippen molar-refractivity contribution in [3.63, 3.8) is 0 Å². The normalized spacial score (nSPS) is 12.1. The third-order valence-corrected chi connectivity index (χ3v) is 5.89. The van der Waals surface area contributed by atoms with Crippen LogP contribution in [0.1, 0.15) is 40.1 Å². The highest BCUT2D eigenvalue weighted by molar-refractivity contribution is 6.29. The molecule has 0 unspecified atom stereocenters. The van der Waals surface area contributed by atoms with Crippen molar-refractivity contribution >= 4 is 34.2 Å². The number of nitrogens with one attached hydrogen (secondary N) is 1. The molecule has 0 radical (unpaired) electrons. The third kappa shape index (κ3) is 4.30. The number of fused-ring (bicyclic) bond motifs is 1. The van der Waals surface area contributed by atoms with Gasteiger partial charge in [0, 0.05) is 43.2 Å². The first-order valence-electron chi connectivity index (χ1n) is 10.7. The number of hydrogen-bond acceptors (Lipinski definition) is 6. The molecule has 1 atom stereocenters. The van der Waals surface area contributed by atoms with Crippen LogP contribution in [0.4, 0.5) is 5.69 Å².